The first-order valence-corrected chi connectivity index (χ1v) is 25.5. The molecule has 0 bridgehead atoms. The minimum atomic E-state index is 0.184. The molecule has 4 heteroatoms. The monoisotopic (exact) mass is 843 g/mol. The average Bonchev–Trinajstić information content (AvgIpc) is 3.95. The molecule has 0 radical (unpaired) electrons. The first kappa shape index (κ1) is 57.8. The molecule has 0 spiro atoms. The maximum Gasteiger partial charge on any atom is 0.133 e. The maximum atomic E-state index is 11.7. The minimum absolute atomic E-state index is 0.184. The molecule has 1 saturated carbocycles. The summed E-state index contributed by atoms with van der Waals surface area (Å²) in [6, 6.07) is 17.7. The number of methoxy groups -OCH3 is 1. The fourth-order valence-electron chi connectivity index (χ4n) is 8.36. The van der Waals surface area contributed by atoms with Gasteiger partial charge in [0.2, 0.25) is 0 Å². The molecule has 5 atom stereocenters. The van der Waals surface area contributed by atoms with Gasteiger partial charge in [-0.3, -0.25) is 4.79 Å². The van der Waals surface area contributed by atoms with E-state index in [4.69, 9.17) is 4.74 Å². The number of hydrogen-bond acceptors (Lipinski definition) is 4. The Hall–Kier alpha value is -3.23. The fraction of sp³-hybridized carbons (Fsp3) is 0.684. The molecule has 2 heterocycles. The SMILES string of the molecule is C=C=C1CCCC(=O)CCC1Nc1ccc(CCC)cc1.CC.CC.CCCC(CC)CCC.CCCC(CCC(C)CC)C(C)C1C=C2CN21.CCc1ccc(OC)cc1. The van der Waals surface area contributed by atoms with Crippen molar-refractivity contribution in [2.24, 2.45) is 23.7 Å². The Morgan fingerprint density at radius 1 is 0.754 bits per heavy atom. The fourth-order valence-corrected chi connectivity index (χ4v) is 8.36. The van der Waals surface area contributed by atoms with Gasteiger partial charge >= 0.3 is 0 Å². The number of ether oxygens (including phenoxy) is 1. The summed E-state index contributed by atoms with van der Waals surface area (Å²) in [5, 5.41) is 3.55. The van der Waals surface area contributed by atoms with Crippen molar-refractivity contribution in [2.45, 2.75) is 218 Å². The van der Waals surface area contributed by atoms with Gasteiger partial charge in [0.1, 0.15) is 11.5 Å². The third kappa shape index (κ3) is 23.7. The number of Topliss-reactive ketones (excluding diaryl/α,β-unsaturated/α-hetero) is 1. The van der Waals surface area contributed by atoms with Crippen molar-refractivity contribution in [3.63, 3.8) is 0 Å². The molecule has 1 N–H and O–H groups in total. The van der Waals surface area contributed by atoms with Crippen LogP contribution < -0.4 is 10.1 Å². The lowest BCUT2D eigenvalue weighted by atomic mass is 9.79. The molecule has 4 nitrogen and oxygen atoms in total. The van der Waals surface area contributed by atoms with E-state index < -0.39 is 0 Å². The lowest BCUT2D eigenvalue weighted by Gasteiger charge is -2.34. The lowest BCUT2D eigenvalue weighted by molar-refractivity contribution is -0.119. The predicted molar refractivity (Wildman–Crippen MR) is 272 cm³/mol. The number of rotatable bonds is 19. The average molecular weight is 843 g/mol. The lowest BCUT2D eigenvalue weighted by Crippen LogP contribution is -2.34. The zero-order chi connectivity index (χ0) is 46.0. The van der Waals surface area contributed by atoms with Crippen LogP contribution in [0.3, 0.4) is 0 Å². The summed E-state index contributed by atoms with van der Waals surface area (Å²) in [6.07, 6.45) is 23.9. The summed E-state index contributed by atoms with van der Waals surface area (Å²) in [6.45, 7) is 33.8. The molecule has 61 heavy (non-hydrogen) atoms. The number of carbonyl (C=O) groups excluding carboxylic acids is 1. The Labute approximate surface area is 379 Å². The number of benzene rings is 2. The van der Waals surface area contributed by atoms with Crippen LogP contribution in [0.2, 0.25) is 0 Å². The Balaban J connectivity index is 0.000000806. The van der Waals surface area contributed by atoms with Crippen molar-refractivity contribution >= 4 is 11.5 Å². The van der Waals surface area contributed by atoms with E-state index in [1.807, 2.05) is 39.8 Å². The standard InChI is InChI=1S/C19H25NO.C16H29N.C9H12O.C9H20.2C2H6/c1-3-6-15-9-11-17(12-10-15)20-19-14-13-18(21)8-5-7-16(19)4-2;1-5-7-14(9-8-12(3)6-2)13(4)16-10-15-11-17(15)16;1-3-8-4-6-9(10-2)7-5-8;1-4-7-9(6-3)8-5-2;2*1-2/h9-12,19-20H,2-3,5-8,13-14H2,1H3;10,12-14,16H,5-9,11H2,1-4H3;4-7H,3H2,1-2H3;9H,4-8H2,1-3H3;2*1-2H3. The van der Waals surface area contributed by atoms with Crippen LogP contribution in [-0.4, -0.2) is 36.4 Å². The molecule has 0 aromatic heterocycles. The summed E-state index contributed by atoms with van der Waals surface area (Å²) in [5.41, 5.74) is 9.73. The highest BCUT2D eigenvalue weighted by Crippen LogP contribution is 2.44. The summed E-state index contributed by atoms with van der Waals surface area (Å²) < 4.78 is 5.01. The van der Waals surface area contributed by atoms with E-state index in [0.717, 1.165) is 73.3 Å². The van der Waals surface area contributed by atoms with Gasteiger partial charge in [0, 0.05) is 24.2 Å². The van der Waals surface area contributed by atoms with E-state index in [2.05, 4.69) is 127 Å². The molecule has 3 aliphatic rings. The smallest absolute Gasteiger partial charge is 0.133 e. The van der Waals surface area contributed by atoms with Gasteiger partial charge in [-0.15, -0.1) is 5.73 Å². The van der Waals surface area contributed by atoms with Crippen LogP contribution in [0.1, 0.15) is 204 Å². The number of aryl methyl sites for hydroxylation is 2. The molecular formula is C57H98N2O2. The normalized spacial score (nSPS) is 17.5. The number of fused-ring (bicyclic) bond motifs is 1. The third-order valence-electron chi connectivity index (χ3n) is 12.6. The highest BCUT2D eigenvalue weighted by atomic mass is 16.5. The van der Waals surface area contributed by atoms with Crippen LogP contribution in [0.5, 0.6) is 5.75 Å². The number of anilines is 1. The van der Waals surface area contributed by atoms with Crippen molar-refractivity contribution in [1.82, 2.24) is 4.90 Å². The number of carbonyl (C=O) groups is 1. The molecule has 5 rings (SSSR count). The number of hydrogen-bond donors (Lipinski definition) is 1. The molecule has 1 saturated heterocycles. The van der Waals surface area contributed by atoms with E-state index in [1.165, 1.54) is 93.9 Å². The third-order valence-corrected chi connectivity index (χ3v) is 12.6. The van der Waals surface area contributed by atoms with Crippen molar-refractivity contribution in [2.75, 3.05) is 19.0 Å². The molecule has 348 valence electrons. The zero-order valence-electron chi connectivity index (χ0n) is 42.6. The van der Waals surface area contributed by atoms with Gasteiger partial charge in [0.25, 0.3) is 0 Å². The van der Waals surface area contributed by atoms with Crippen molar-refractivity contribution in [3.8, 4) is 5.75 Å². The molecule has 1 aliphatic carbocycles. The second-order valence-corrected chi connectivity index (χ2v) is 17.1. The van der Waals surface area contributed by atoms with Crippen molar-refractivity contribution in [3.05, 3.63) is 89.3 Å². The van der Waals surface area contributed by atoms with E-state index >= 15 is 0 Å². The first-order chi connectivity index (χ1) is 29.6. The Bertz CT molecular complexity index is 1410. The number of ketones is 1. The molecular weight excluding hydrogens is 745 g/mol. The second kappa shape index (κ2) is 36.3. The van der Waals surface area contributed by atoms with Crippen LogP contribution in [0, 0.1) is 23.7 Å². The van der Waals surface area contributed by atoms with Crippen molar-refractivity contribution in [1.29, 1.82) is 0 Å². The largest absolute Gasteiger partial charge is 0.497 e. The number of nitrogens with one attached hydrogen (secondary N) is 1. The predicted octanol–water partition coefficient (Wildman–Crippen LogP) is 17.0. The van der Waals surface area contributed by atoms with Gasteiger partial charge < -0.3 is 15.0 Å². The van der Waals surface area contributed by atoms with Crippen LogP contribution in [0.15, 0.2) is 78.2 Å². The topological polar surface area (TPSA) is 41.3 Å². The van der Waals surface area contributed by atoms with Crippen LogP contribution in [-0.2, 0) is 17.6 Å². The summed E-state index contributed by atoms with van der Waals surface area (Å²) in [5.74, 6) is 5.04. The Morgan fingerprint density at radius 2 is 1.36 bits per heavy atom. The summed E-state index contributed by atoms with van der Waals surface area (Å²) in [7, 11) is 1.68. The zero-order valence-corrected chi connectivity index (χ0v) is 42.6. The van der Waals surface area contributed by atoms with Gasteiger partial charge in [0.05, 0.1) is 25.7 Å². The van der Waals surface area contributed by atoms with Crippen LogP contribution >= 0.6 is 0 Å². The van der Waals surface area contributed by atoms with E-state index in [1.54, 1.807) is 12.8 Å². The summed E-state index contributed by atoms with van der Waals surface area (Å²) in [4.78, 5) is 14.3. The van der Waals surface area contributed by atoms with Gasteiger partial charge in [-0.05, 0) is 109 Å². The van der Waals surface area contributed by atoms with Crippen LogP contribution in [0.25, 0.3) is 0 Å². The quantitative estimate of drug-likeness (QED) is 0.113. The van der Waals surface area contributed by atoms with Gasteiger partial charge in [-0.1, -0.05) is 185 Å². The minimum Gasteiger partial charge on any atom is -0.497 e. The van der Waals surface area contributed by atoms with E-state index in [9.17, 15) is 4.79 Å². The van der Waals surface area contributed by atoms with Crippen molar-refractivity contribution < 1.29 is 9.53 Å². The Morgan fingerprint density at radius 3 is 1.82 bits per heavy atom. The Kier molecular flexibility index (Phi) is 34.4. The van der Waals surface area contributed by atoms with Gasteiger partial charge in [-0.2, -0.15) is 0 Å². The van der Waals surface area contributed by atoms with Gasteiger partial charge in [0.15, 0.2) is 0 Å². The second-order valence-electron chi connectivity index (χ2n) is 17.1. The summed E-state index contributed by atoms with van der Waals surface area (Å²) >= 11 is 0. The van der Waals surface area contributed by atoms with E-state index in [-0.39, 0.29) is 6.04 Å². The molecule has 2 fully saturated rings. The molecule has 2 aromatic rings. The number of nitrogens with zero attached hydrogens (tertiary/aromatic N) is 1. The molecule has 0 amide bonds. The first-order valence-electron chi connectivity index (χ1n) is 25.5. The highest BCUT2D eigenvalue weighted by Gasteiger charge is 2.44. The highest BCUT2D eigenvalue weighted by molar-refractivity contribution is 5.78. The molecule has 2 aliphatic heterocycles. The van der Waals surface area contributed by atoms with Gasteiger partial charge in [-0.25, -0.2) is 0 Å². The van der Waals surface area contributed by atoms with E-state index in [0.29, 0.717) is 18.6 Å². The molecule has 5 unspecified atom stereocenters. The molecule has 2 aromatic carbocycles. The van der Waals surface area contributed by atoms with Crippen LogP contribution in [0.4, 0.5) is 5.69 Å². The maximum absolute atomic E-state index is 11.7.